The second kappa shape index (κ2) is 7.21. The number of rotatable bonds is 3. The van der Waals surface area contributed by atoms with Gasteiger partial charge < -0.3 is 15.3 Å². The zero-order chi connectivity index (χ0) is 22.6. The molecule has 158 valence electrons. The summed E-state index contributed by atoms with van der Waals surface area (Å²) in [5.41, 5.74) is 0.575. The number of aryl methyl sites for hydroxylation is 1. The van der Waals surface area contributed by atoms with Crippen LogP contribution in [0.15, 0.2) is 42.5 Å². The van der Waals surface area contributed by atoms with E-state index >= 15 is 0 Å². The Bertz CT molecular complexity index is 1250. The topological polar surface area (TPSA) is 98.1 Å². The molecule has 1 aliphatic rings. The number of benzene rings is 3. The van der Waals surface area contributed by atoms with Gasteiger partial charge in [-0.15, -0.1) is 0 Å². The minimum Gasteiger partial charge on any atom is -0.507 e. The molecule has 0 bridgehead atoms. The molecule has 0 heterocycles. The first-order valence-corrected chi connectivity index (χ1v) is 9.55. The Kier molecular flexibility index (Phi) is 4.78. The molecule has 6 nitrogen and oxygen atoms in total. The number of phenolic OH excluding ortho intramolecular Hbond substituents is 3. The number of nitrogens with zero attached hydrogens (tertiary/aromatic N) is 1. The first-order chi connectivity index (χ1) is 14.6. The molecule has 0 fully saturated rings. The number of hydrogen-bond acceptors (Lipinski definition) is 6. The number of hydrogen-bond donors (Lipinski definition) is 3. The van der Waals surface area contributed by atoms with Crippen LogP contribution in [0.5, 0.6) is 17.2 Å². The van der Waals surface area contributed by atoms with E-state index in [0.29, 0.717) is 11.1 Å². The molecule has 4 rings (SSSR count). The van der Waals surface area contributed by atoms with E-state index in [1.165, 1.54) is 36.4 Å². The fraction of sp³-hybridized carbons (Fsp3) is 0.167. The van der Waals surface area contributed by atoms with E-state index in [0.717, 1.165) is 6.07 Å². The van der Waals surface area contributed by atoms with Crippen LogP contribution >= 0.6 is 0 Å². The lowest BCUT2D eigenvalue weighted by molar-refractivity contribution is 0.0973. The van der Waals surface area contributed by atoms with E-state index in [1.54, 1.807) is 25.9 Å². The molecule has 3 aromatic rings. The van der Waals surface area contributed by atoms with Crippen molar-refractivity contribution in [2.24, 2.45) is 0 Å². The quantitative estimate of drug-likeness (QED) is 0.467. The number of aromatic hydroxyl groups is 3. The zero-order valence-electron chi connectivity index (χ0n) is 17.1. The van der Waals surface area contributed by atoms with Crippen LogP contribution in [0.1, 0.15) is 54.6 Å². The van der Waals surface area contributed by atoms with Crippen molar-refractivity contribution in [2.45, 2.75) is 13.0 Å². The van der Waals surface area contributed by atoms with Crippen LogP contribution in [-0.4, -0.2) is 45.9 Å². The monoisotopic (exact) mass is 421 g/mol. The van der Waals surface area contributed by atoms with Crippen molar-refractivity contribution in [3.63, 3.8) is 0 Å². The molecular weight excluding hydrogens is 401 g/mol. The molecule has 3 N–H and O–H groups in total. The molecule has 0 radical (unpaired) electrons. The van der Waals surface area contributed by atoms with Crippen molar-refractivity contribution in [3.8, 4) is 17.2 Å². The molecule has 0 saturated heterocycles. The molecule has 1 aliphatic carbocycles. The second-order valence-electron chi connectivity index (χ2n) is 7.86. The standard InChI is InChI=1S/C24H20FNO5/c1-11-8-14-18(16(27)9-11)23(30)19-15(22(14)29)10-17(28)20(24(19)31)21(26(2)3)12-4-6-13(25)7-5-12/h4-10,21,27-28,31H,1-3H3. The molecule has 3 aromatic carbocycles. The summed E-state index contributed by atoms with van der Waals surface area (Å²) in [4.78, 5) is 28.0. The highest BCUT2D eigenvalue weighted by atomic mass is 19.1. The van der Waals surface area contributed by atoms with Crippen molar-refractivity contribution in [2.75, 3.05) is 14.1 Å². The first kappa shape index (κ1) is 20.6. The van der Waals surface area contributed by atoms with Gasteiger partial charge in [-0.1, -0.05) is 12.1 Å². The van der Waals surface area contributed by atoms with Crippen LogP contribution in [0, 0.1) is 12.7 Å². The predicted octanol–water partition coefficient (Wildman–Crippen LogP) is 3.68. The van der Waals surface area contributed by atoms with Gasteiger partial charge in [0, 0.05) is 11.1 Å². The average Bonchev–Trinajstić information content (AvgIpc) is 2.69. The van der Waals surface area contributed by atoms with E-state index in [4.69, 9.17) is 0 Å². The van der Waals surface area contributed by atoms with E-state index in [-0.39, 0.29) is 39.3 Å². The highest BCUT2D eigenvalue weighted by Crippen LogP contribution is 2.46. The van der Waals surface area contributed by atoms with Gasteiger partial charge in [-0.3, -0.25) is 14.5 Å². The summed E-state index contributed by atoms with van der Waals surface area (Å²) in [5.74, 6) is -3.01. The molecule has 0 aromatic heterocycles. The summed E-state index contributed by atoms with van der Waals surface area (Å²) in [6.07, 6.45) is 0. The largest absolute Gasteiger partial charge is 0.507 e. The van der Waals surface area contributed by atoms with Gasteiger partial charge >= 0.3 is 0 Å². The van der Waals surface area contributed by atoms with Crippen LogP contribution in [0.4, 0.5) is 4.39 Å². The molecule has 0 saturated carbocycles. The van der Waals surface area contributed by atoms with Crippen molar-refractivity contribution < 1.29 is 29.3 Å². The van der Waals surface area contributed by atoms with Gasteiger partial charge in [-0.05, 0) is 62.5 Å². The van der Waals surface area contributed by atoms with E-state index in [2.05, 4.69) is 0 Å². The molecule has 0 spiro atoms. The van der Waals surface area contributed by atoms with Gasteiger partial charge in [0.05, 0.1) is 22.7 Å². The number of phenols is 3. The van der Waals surface area contributed by atoms with Gasteiger partial charge in [0.2, 0.25) is 5.78 Å². The third-order valence-corrected chi connectivity index (χ3v) is 5.50. The summed E-state index contributed by atoms with van der Waals surface area (Å²) >= 11 is 0. The first-order valence-electron chi connectivity index (χ1n) is 9.55. The van der Waals surface area contributed by atoms with Crippen molar-refractivity contribution in [1.29, 1.82) is 0 Å². The van der Waals surface area contributed by atoms with Crippen LogP contribution < -0.4 is 0 Å². The zero-order valence-corrected chi connectivity index (χ0v) is 17.1. The Labute approximate surface area is 177 Å². The van der Waals surface area contributed by atoms with Crippen LogP contribution in [0.2, 0.25) is 0 Å². The molecule has 0 aliphatic heterocycles. The summed E-state index contributed by atoms with van der Waals surface area (Å²) in [6, 6.07) is 8.81. The van der Waals surface area contributed by atoms with Crippen LogP contribution in [0.25, 0.3) is 0 Å². The maximum atomic E-state index is 13.4. The Balaban J connectivity index is 1.98. The Morgan fingerprint density at radius 3 is 2.06 bits per heavy atom. The van der Waals surface area contributed by atoms with E-state index in [1.807, 2.05) is 0 Å². The molecule has 31 heavy (non-hydrogen) atoms. The van der Waals surface area contributed by atoms with Crippen LogP contribution in [-0.2, 0) is 0 Å². The minimum absolute atomic E-state index is 0.00607. The summed E-state index contributed by atoms with van der Waals surface area (Å²) in [5, 5.41) is 32.2. The lowest BCUT2D eigenvalue weighted by Crippen LogP contribution is -2.25. The number of ketones is 2. The number of carbonyl (C=O) groups is 2. The lowest BCUT2D eigenvalue weighted by Gasteiger charge is -2.29. The predicted molar refractivity (Wildman–Crippen MR) is 111 cm³/mol. The van der Waals surface area contributed by atoms with Crippen LogP contribution in [0.3, 0.4) is 0 Å². The van der Waals surface area contributed by atoms with Gasteiger partial charge in [-0.2, -0.15) is 0 Å². The SMILES string of the molecule is Cc1cc(O)c2c(c1)C(=O)c1cc(O)c(C(c3ccc(F)cc3)N(C)C)c(O)c1C2=O. The Morgan fingerprint density at radius 1 is 0.839 bits per heavy atom. The highest BCUT2D eigenvalue weighted by molar-refractivity contribution is 6.30. The summed E-state index contributed by atoms with van der Waals surface area (Å²) in [6.45, 7) is 1.68. The third-order valence-electron chi connectivity index (χ3n) is 5.50. The van der Waals surface area contributed by atoms with Gasteiger partial charge in [0.25, 0.3) is 0 Å². The molecule has 1 unspecified atom stereocenters. The number of fused-ring (bicyclic) bond motifs is 2. The fourth-order valence-corrected chi connectivity index (χ4v) is 4.17. The second-order valence-corrected chi connectivity index (χ2v) is 7.86. The number of carbonyl (C=O) groups excluding carboxylic acids is 2. The molecular formula is C24H20FNO5. The van der Waals surface area contributed by atoms with Gasteiger partial charge in [-0.25, -0.2) is 4.39 Å². The normalized spacial score (nSPS) is 13.8. The van der Waals surface area contributed by atoms with E-state index < -0.39 is 29.2 Å². The summed E-state index contributed by atoms with van der Waals surface area (Å²) in [7, 11) is 3.40. The summed E-state index contributed by atoms with van der Waals surface area (Å²) < 4.78 is 13.4. The fourth-order valence-electron chi connectivity index (χ4n) is 4.17. The minimum atomic E-state index is -0.734. The Morgan fingerprint density at radius 2 is 1.45 bits per heavy atom. The average molecular weight is 421 g/mol. The number of halogens is 1. The van der Waals surface area contributed by atoms with Crippen molar-refractivity contribution in [1.82, 2.24) is 4.90 Å². The smallest absolute Gasteiger partial charge is 0.201 e. The Hall–Kier alpha value is -3.71. The lowest BCUT2D eigenvalue weighted by atomic mass is 9.80. The third kappa shape index (κ3) is 3.14. The van der Waals surface area contributed by atoms with E-state index in [9.17, 15) is 29.3 Å². The highest BCUT2D eigenvalue weighted by Gasteiger charge is 2.38. The van der Waals surface area contributed by atoms with Gasteiger partial charge in [0.1, 0.15) is 23.1 Å². The van der Waals surface area contributed by atoms with Crippen molar-refractivity contribution in [3.05, 3.63) is 87.2 Å². The maximum Gasteiger partial charge on any atom is 0.201 e. The van der Waals surface area contributed by atoms with Gasteiger partial charge in [0.15, 0.2) is 5.78 Å². The molecule has 1 atom stereocenters. The van der Waals surface area contributed by atoms with Crippen molar-refractivity contribution >= 4 is 11.6 Å². The maximum absolute atomic E-state index is 13.4. The molecule has 0 amide bonds. The molecule has 7 heteroatoms.